The molecule has 2 aliphatic rings. The normalized spacial score (nSPS) is 20.0. The third-order valence-electron chi connectivity index (χ3n) is 7.10. The minimum absolute atomic E-state index is 0.0812. The van der Waals surface area contributed by atoms with E-state index in [-0.39, 0.29) is 12.1 Å². The summed E-state index contributed by atoms with van der Waals surface area (Å²) in [5.74, 6) is 1.58. The van der Waals surface area contributed by atoms with E-state index in [9.17, 15) is 4.79 Å². The topological polar surface area (TPSA) is 48.1 Å². The zero-order valence-corrected chi connectivity index (χ0v) is 20.1. The van der Waals surface area contributed by atoms with Gasteiger partial charge in [-0.05, 0) is 75.0 Å². The average molecular weight is 451 g/mol. The maximum Gasteiger partial charge on any atom is 0.317 e. The number of piperidine rings is 1. The number of carbonyl (C=O) groups is 1. The first-order valence-corrected chi connectivity index (χ1v) is 12.3. The van der Waals surface area contributed by atoms with Gasteiger partial charge in [0.15, 0.2) is 0 Å². The second-order valence-electron chi connectivity index (χ2n) is 9.41. The van der Waals surface area contributed by atoms with Gasteiger partial charge in [-0.2, -0.15) is 0 Å². The van der Waals surface area contributed by atoms with E-state index in [1.807, 2.05) is 17.0 Å². The first kappa shape index (κ1) is 23.4. The van der Waals surface area contributed by atoms with Crippen LogP contribution >= 0.6 is 0 Å². The molecule has 2 saturated heterocycles. The Kier molecular flexibility index (Phi) is 8.10. The number of hydrogen-bond acceptors (Lipinski definition) is 4. The molecule has 4 rings (SSSR count). The van der Waals surface area contributed by atoms with Crippen LogP contribution in [0.15, 0.2) is 54.6 Å². The van der Waals surface area contributed by atoms with Crippen LogP contribution in [-0.2, 0) is 6.54 Å². The molecule has 0 spiro atoms. The van der Waals surface area contributed by atoms with E-state index in [1.165, 1.54) is 24.1 Å². The van der Waals surface area contributed by atoms with Crippen LogP contribution in [0.5, 0.6) is 5.75 Å². The monoisotopic (exact) mass is 450 g/mol. The van der Waals surface area contributed by atoms with Gasteiger partial charge in [0.2, 0.25) is 0 Å². The van der Waals surface area contributed by atoms with Gasteiger partial charge < -0.3 is 19.9 Å². The molecular weight excluding hydrogens is 412 g/mol. The molecule has 2 fully saturated rings. The Hall–Kier alpha value is -2.73. The van der Waals surface area contributed by atoms with Crippen LogP contribution in [0, 0.1) is 5.92 Å². The highest BCUT2D eigenvalue weighted by molar-refractivity contribution is 5.74. The highest BCUT2D eigenvalue weighted by Crippen LogP contribution is 2.24. The van der Waals surface area contributed by atoms with Gasteiger partial charge in [-0.3, -0.25) is 4.90 Å². The lowest BCUT2D eigenvalue weighted by molar-refractivity contribution is 0.168. The van der Waals surface area contributed by atoms with Crippen LogP contribution in [-0.4, -0.2) is 68.3 Å². The molecule has 1 N–H and O–H groups in total. The number of ether oxygens (including phenoxy) is 1. The summed E-state index contributed by atoms with van der Waals surface area (Å²) in [7, 11) is 1.68. The van der Waals surface area contributed by atoms with Gasteiger partial charge in [0, 0.05) is 44.5 Å². The first-order valence-electron chi connectivity index (χ1n) is 12.3. The molecule has 33 heavy (non-hydrogen) atoms. The molecule has 1 atom stereocenters. The molecule has 0 saturated carbocycles. The smallest absolute Gasteiger partial charge is 0.317 e. The number of hydrogen-bond donors (Lipinski definition) is 1. The van der Waals surface area contributed by atoms with Crippen molar-refractivity contribution in [1.29, 1.82) is 0 Å². The maximum atomic E-state index is 12.7. The van der Waals surface area contributed by atoms with Gasteiger partial charge in [0.05, 0.1) is 7.11 Å². The van der Waals surface area contributed by atoms with E-state index in [4.69, 9.17) is 4.74 Å². The Morgan fingerprint density at radius 1 is 1.00 bits per heavy atom. The van der Waals surface area contributed by atoms with Crippen LogP contribution in [0.4, 0.5) is 10.5 Å². The molecular formula is C27H38N4O2. The molecule has 178 valence electrons. The number of piperazine rings is 1. The second-order valence-corrected chi connectivity index (χ2v) is 9.41. The van der Waals surface area contributed by atoms with Crippen molar-refractivity contribution in [1.82, 2.24) is 15.1 Å². The summed E-state index contributed by atoms with van der Waals surface area (Å²) in [6, 6.07) is 19.3. The fourth-order valence-electron chi connectivity index (χ4n) is 5.07. The van der Waals surface area contributed by atoms with Gasteiger partial charge in [-0.25, -0.2) is 4.79 Å². The number of rotatable bonds is 7. The van der Waals surface area contributed by atoms with E-state index in [1.54, 1.807) is 7.11 Å². The molecule has 6 heteroatoms. The zero-order chi connectivity index (χ0) is 23.0. The molecule has 2 heterocycles. The fourth-order valence-corrected chi connectivity index (χ4v) is 5.07. The predicted octanol–water partition coefficient (Wildman–Crippen LogP) is 4.22. The van der Waals surface area contributed by atoms with E-state index in [2.05, 4.69) is 64.5 Å². The minimum atomic E-state index is 0.0812. The van der Waals surface area contributed by atoms with Gasteiger partial charge in [-0.1, -0.05) is 30.3 Å². The number of nitrogens with one attached hydrogen (secondary N) is 1. The van der Waals surface area contributed by atoms with E-state index < -0.39 is 0 Å². The zero-order valence-electron chi connectivity index (χ0n) is 20.1. The quantitative estimate of drug-likeness (QED) is 0.686. The second kappa shape index (κ2) is 11.4. The molecule has 2 aromatic carbocycles. The van der Waals surface area contributed by atoms with Gasteiger partial charge in [0.1, 0.15) is 5.75 Å². The van der Waals surface area contributed by atoms with Crippen LogP contribution in [0.3, 0.4) is 0 Å². The third kappa shape index (κ3) is 6.41. The summed E-state index contributed by atoms with van der Waals surface area (Å²) < 4.78 is 5.26. The lowest BCUT2D eigenvalue weighted by Gasteiger charge is -2.41. The number of nitrogens with zero attached hydrogens (tertiary/aromatic N) is 3. The average Bonchev–Trinajstić information content (AvgIpc) is 2.86. The summed E-state index contributed by atoms with van der Waals surface area (Å²) >= 11 is 0. The van der Waals surface area contributed by atoms with Crippen LogP contribution in [0.2, 0.25) is 0 Å². The standard InChI is InChI=1S/C27H38N4O2/c1-22-20-30(18-19-31(22)25-8-10-26(33-2)11-9-25)27(32)28-15-12-23-13-16-29(17-14-23)21-24-6-4-3-5-7-24/h3-11,22-23H,12-21H2,1-2H3,(H,28,32). The Balaban J connectivity index is 1.14. The van der Waals surface area contributed by atoms with Crippen LogP contribution < -0.4 is 15.0 Å². The Labute approximate surface area is 198 Å². The maximum absolute atomic E-state index is 12.7. The van der Waals surface area contributed by atoms with Crippen molar-refractivity contribution in [3.05, 3.63) is 60.2 Å². The molecule has 6 nitrogen and oxygen atoms in total. The minimum Gasteiger partial charge on any atom is -0.497 e. The highest BCUT2D eigenvalue weighted by Gasteiger charge is 2.27. The first-order chi connectivity index (χ1) is 16.1. The van der Waals surface area contributed by atoms with Crippen molar-refractivity contribution >= 4 is 11.7 Å². The lowest BCUT2D eigenvalue weighted by atomic mass is 9.93. The van der Waals surface area contributed by atoms with E-state index in [0.717, 1.165) is 58.0 Å². The van der Waals surface area contributed by atoms with Crippen molar-refractivity contribution in [3.8, 4) is 5.75 Å². The number of amides is 2. The van der Waals surface area contributed by atoms with Crippen molar-refractivity contribution in [2.75, 3.05) is 51.3 Å². The van der Waals surface area contributed by atoms with Crippen LogP contribution in [0.25, 0.3) is 0 Å². The van der Waals surface area contributed by atoms with Crippen molar-refractivity contribution in [2.24, 2.45) is 5.92 Å². The highest BCUT2D eigenvalue weighted by atomic mass is 16.5. The Morgan fingerprint density at radius 2 is 1.73 bits per heavy atom. The largest absolute Gasteiger partial charge is 0.497 e. The Bertz CT molecular complexity index is 865. The van der Waals surface area contributed by atoms with E-state index in [0.29, 0.717) is 5.92 Å². The third-order valence-corrected chi connectivity index (χ3v) is 7.10. The van der Waals surface area contributed by atoms with Gasteiger partial charge in [0.25, 0.3) is 0 Å². The predicted molar refractivity (Wildman–Crippen MR) is 134 cm³/mol. The van der Waals surface area contributed by atoms with Crippen molar-refractivity contribution in [2.45, 2.75) is 38.8 Å². The number of urea groups is 1. The summed E-state index contributed by atoms with van der Waals surface area (Å²) in [5.41, 5.74) is 2.58. The fraction of sp³-hybridized carbons (Fsp3) is 0.519. The summed E-state index contributed by atoms with van der Waals surface area (Å²) in [6.07, 6.45) is 3.52. The number of benzene rings is 2. The van der Waals surface area contributed by atoms with Crippen LogP contribution in [0.1, 0.15) is 31.7 Å². The van der Waals surface area contributed by atoms with Crippen molar-refractivity contribution < 1.29 is 9.53 Å². The van der Waals surface area contributed by atoms with Crippen molar-refractivity contribution in [3.63, 3.8) is 0 Å². The lowest BCUT2D eigenvalue weighted by Crippen LogP contribution is -2.56. The summed E-state index contributed by atoms with van der Waals surface area (Å²) in [6.45, 7) is 8.65. The number of carbonyl (C=O) groups excluding carboxylic acids is 1. The van der Waals surface area contributed by atoms with Gasteiger partial charge in [-0.15, -0.1) is 0 Å². The molecule has 0 radical (unpaired) electrons. The number of likely N-dealkylation sites (tertiary alicyclic amines) is 1. The molecule has 2 aliphatic heterocycles. The van der Waals surface area contributed by atoms with E-state index >= 15 is 0 Å². The molecule has 2 aromatic rings. The molecule has 0 bridgehead atoms. The summed E-state index contributed by atoms with van der Waals surface area (Å²) in [4.78, 5) is 19.6. The number of methoxy groups -OCH3 is 1. The van der Waals surface area contributed by atoms with Gasteiger partial charge >= 0.3 is 6.03 Å². The summed E-state index contributed by atoms with van der Waals surface area (Å²) in [5, 5.41) is 3.18. The molecule has 2 amide bonds. The SMILES string of the molecule is COc1ccc(N2CCN(C(=O)NCCC3CCN(Cc4ccccc4)CC3)CC2C)cc1. The Morgan fingerprint density at radius 3 is 2.39 bits per heavy atom. The molecule has 0 aromatic heterocycles. The number of anilines is 1. The molecule has 1 unspecified atom stereocenters. The molecule has 0 aliphatic carbocycles.